The minimum Gasteiger partial charge on any atom is -0.497 e. The quantitative estimate of drug-likeness (QED) is 0.697. The van der Waals surface area contributed by atoms with Crippen molar-refractivity contribution in [1.29, 1.82) is 0 Å². The van der Waals surface area contributed by atoms with E-state index in [0.29, 0.717) is 11.5 Å². The molecule has 0 aliphatic carbocycles. The highest BCUT2D eigenvalue weighted by Crippen LogP contribution is 2.16. The molecule has 1 aromatic carbocycles. The Morgan fingerprint density at radius 1 is 1.23 bits per heavy atom. The van der Waals surface area contributed by atoms with Crippen molar-refractivity contribution in [3.63, 3.8) is 0 Å². The second kappa shape index (κ2) is 4.35. The minimum absolute atomic E-state index is 0.438. The lowest BCUT2D eigenvalue weighted by Gasteiger charge is -2.03. The van der Waals surface area contributed by atoms with Crippen molar-refractivity contribution in [3.8, 4) is 11.5 Å². The molecular formula is C9H9O4. The van der Waals surface area contributed by atoms with Crippen LogP contribution in [-0.2, 0) is 9.90 Å². The van der Waals surface area contributed by atoms with E-state index in [-0.39, 0.29) is 0 Å². The van der Waals surface area contributed by atoms with Crippen molar-refractivity contribution in [2.24, 2.45) is 0 Å². The molecule has 1 rings (SSSR count). The molecule has 0 saturated heterocycles. The van der Waals surface area contributed by atoms with Crippen LogP contribution in [0.15, 0.2) is 24.3 Å². The average Bonchev–Trinajstić information content (AvgIpc) is 2.15. The van der Waals surface area contributed by atoms with Gasteiger partial charge in [0, 0.05) is 0 Å². The number of ether oxygens (including phenoxy) is 2. The molecule has 0 amide bonds. The van der Waals surface area contributed by atoms with Crippen LogP contribution in [0.5, 0.6) is 11.5 Å². The van der Waals surface area contributed by atoms with Crippen LogP contribution >= 0.6 is 0 Å². The second-order valence-electron chi connectivity index (χ2n) is 2.34. The number of methoxy groups -OCH3 is 1. The Morgan fingerprint density at radius 2 is 1.77 bits per heavy atom. The van der Waals surface area contributed by atoms with Gasteiger partial charge >= 0.3 is 5.97 Å². The van der Waals surface area contributed by atoms with Crippen molar-refractivity contribution in [2.75, 3.05) is 13.7 Å². The first-order valence-corrected chi connectivity index (χ1v) is 3.69. The number of rotatable bonds is 4. The first-order valence-electron chi connectivity index (χ1n) is 3.69. The van der Waals surface area contributed by atoms with Gasteiger partial charge < -0.3 is 9.47 Å². The molecule has 0 unspecified atom stereocenters. The molecule has 13 heavy (non-hydrogen) atoms. The van der Waals surface area contributed by atoms with E-state index in [0.717, 1.165) is 0 Å². The fourth-order valence-corrected chi connectivity index (χ4v) is 0.814. The van der Waals surface area contributed by atoms with Gasteiger partial charge in [0.15, 0.2) is 6.61 Å². The third-order valence-electron chi connectivity index (χ3n) is 1.42. The Hall–Kier alpha value is -1.71. The maximum atomic E-state index is 10.0. The van der Waals surface area contributed by atoms with Crippen LogP contribution < -0.4 is 9.47 Å². The van der Waals surface area contributed by atoms with Gasteiger partial charge in [0.2, 0.25) is 0 Å². The molecule has 0 fully saturated rings. The smallest absolute Gasteiger partial charge is 0.392 e. The van der Waals surface area contributed by atoms with E-state index in [1.807, 2.05) is 0 Å². The van der Waals surface area contributed by atoms with Crippen LogP contribution in [0, 0.1) is 0 Å². The minimum atomic E-state index is -1.24. The highest BCUT2D eigenvalue weighted by Gasteiger charge is 2.00. The molecule has 0 atom stereocenters. The van der Waals surface area contributed by atoms with E-state index >= 15 is 0 Å². The molecule has 0 aliphatic heterocycles. The third-order valence-corrected chi connectivity index (χ3v) is 1.42. The normalized spacial score (nSPS) is 9.31. The molecular weight excluding hydrogens is 172 g/mol. The van der Waals surface area contributed by atoms with E-state index in [2.05, 4.69) is 0 Å². The Balaban J connectivity index is 2.54. The third kappa shape index (κ3) is 3.02. The van der Waals surface area contributed by atoms with Gasteiger partial charge in [-0.05, 0) is 24.3 Å². The molecule has 4 nitrogen and oxygen atoms in total. The Morgan fingerprint density at radius 3 is 2.23 bits per heavy atom. The summed E-state index contributed by atoms with van der Waals surface area (Å²) in [6.45, 7) is -0.438. The first-order chi connectivity index (χ1) is 6.22. The maximum Gasteiger partial charge on any atom is 0.392 e. The lowest BCUT2D eigenvalue weighted by atomic mass is 10.3. The number of benzene rings is 1. The monoisotopic (exact) mass is 181 g/mol. The molecule has 4 heteroatoms. The van der Waals surface area contributed by atoms with Crippen LogP contribution in [0.3, 0.4) is 0 Å². The zero-order chi connectivity index (χ0) is 9.68. The van der Waals surface area contributed by atoms with E-state index < -0.39 is 12.6 Å². The fraction of sp³-hybridized carbons (Fsp3) is 0.222. The van der Waals surface area contributed by atoms with Crippen molar-refractivity contribution in [1.82, 2.24) is 0 Å². The molecule has 0 N–H and O–H groups in total. The van der Waals surface area contributed by atoms with Gasteiger partial charge in [-0.2, -0.15) is 0 Å². The molecule has 69 valence electrons. The first kappa shape index (κ1) is 9.38. The Kier molecular flexibility index (Phi) is 3.14. The van der Waals surface area contributed by atoms with Crippen LogP contribution in [0.2, 0.25) is 0 Å². The van der Waals surface area contributed by atoms with Gasteiger partial charge in [0.25, 0.3) is 0 Å². The Bertz CT molecular complexity index is 278. The molecule has 0 spiro atoms. The zero-order valence-electron chi connectivity index (χ0n) is 7.15. The number of hydrogen-bond donors (Lipinski definition) is 0. The van der Waals surface area contributed by atoms with Gasteiger partial charge in [0.05, 0.1) is 7.11 Å². The van der Waals surface area contributed by atoms with E-state index in [1.54, 1.807) is 31.4 Å². The summed E-state index contributed by atoms with van der Waals surface area (Å²) in [7, 11) is 1.55. The molecule has 0 heterocycles. The highest BCUT2D eigenvalue weighted by molar-refractivity contribution is 5.68. The van der Waals surface area contributed by atoms with Gasteiger partial charge in [-0.25, -0.2) is 9.90 Å². The van der Waals surface area contributed by atoms with E-state index in [4.69, 9.17) is 9.47 Å². The number of carbonyl (C=O) groups excluding carboxylic acids is 1. The topological polar surface area (TPSA) is 55.4 Å². The van der Waals surface area contributed by atoms with Crippen molar-refractivity contribution in [3.05, 3.63) is 24.3 Å². The average molecular weight is 181 g/mol. The molecule has 1 aromatic rings. The predicted molar refractivity (Wildman–Crippen MR) is 44.2 cm³/mol. The van der Waals surface area contributed by atoms with Gasteiger partial charge in [0.1, 0.15) is 11.5 Å². The summed E-state index contributed by atoms with van der Waals surface area (Å²) < 4.78 is 9.76. The van der Waals surface area contributed by atoms with Gasteiger partial charge in [-0.15, -0.1) is 0 Å². The van der Waals surface area contributed by atoms with Crippen molar-refractivity contribution in [2.45, 2.75) is 0 Å². The lowest BCUT2D eigenvalue weighted by Crippen LogP contribution is -2.07. The molecule has 1 radical (unpaired) electrons. The summed E-state index contributed by atoms with van der Waals surface area (Å²) in [5, 5.41) is 10.0. The summed E-state index contributed by atoms with van der Waals surface area (Å²) >= 11 is 0. The molecule has 0 aromatic heterocycles. The largest absolute Gasteiger partial charge is 0.497 e. The highest BCUT2D eigenvalue weighted by atomic mass is 16.5. The second-order valence-corrected chi connectivity index (χ2v) is 2.34. The molecule has 0 bridgehead atoms. The van der Waals surface area contributed by atoms with E-state index in [9.17, 15) is 9.90 Å². The summed E-state index contributed by atoms with van der Waals surface area (Å²) in [5.41, 5.74) is 0. The summed E-state index contributed by atoms with van der Waals surface area (Å²) in [6.07, 6.45) is 0. The van der Waals surface area contributed by atoms with Crippen molar-refractivity contribution >= 4 is 5.97 Å². The van der Waals surface area contributed by atoms with Gasteiger partial charge in [-0.1, -0.05) is 0 Å². The summed E-state index contributed by atoms with van der Waals surface area (Å²) in [4.78, 5) is 10.0. The standard InChI is InChI=1S/C9H9O4/c1-12-7-2-4-8(5-3-7)13-6-9(10)11/h2-5H,6H2,1H3. The molecule has 0 aliphatic rings. The maximum absolute atomic E-state index is 10.0. The summed E-state index contributed by atoms with van der Waals surface area (Å²) in [6, 6.07) is 6.62. The van der Waals surface area contributed by atoms with Crippen LogP contribution in [-0.4, -0.2) is 19.7 Å². The van der Waals surface area contributed by atoms with Crippen LogP contribution in [0.4, 0.5) is 0 Å². The fourth-order valence-electron chi connectivity index (χ4n) is 0.814. The van der Waals surface area contributed by atoms with Crippen molar-refractivity contribution < 1.29 is 19.4 Å². The SMILES string of the molecule is COc1ccc(OCC([O])=O)cc1. The zero-order valence-corrected chi connectivity index (χ0v) is 7.15. The number of hydrogen-bond acceptors (Lipinski definition) is 3. The number of carbonyl (C=O) groups is 1. The Labute approximate surface area is 75.7 Å². The van der Waals surface area contributed by atoms with E-state index in [1.165, 1.54) is 0 Å². The molecule has 0 saturated carbocycles. The van der Waals surface area contributed by atoms with Crippen LogP contribution in [0.1, 0.15) is 0 Å². The van der Waals surface area contributed by atoms with Crippen LogP contribution in [0.25, 0.3) is 0 Å². The van der Waals surface area contributed by atoms with Gasteiger partial charge in [-0.3, -0.25) is 0 Å². The lowest BCUT2D eigenvalue weighted by molar-refractivity contribution is -0.145. The summed E-state index contributed by atoms with van der Waals surface area (Å²) in [5.74, 6) is -0.0679. The predicted octanol–water partition coefficient (Wildman–Crippen LogP) is 1.03.